The molecule has 12 aromatic carbocycles. The van der Waals surface area contributed by atoms with Crippen LogP contribution in [0.15, 0.2) is 243 Å². The molecule has 0 saturated carbocycles. The van der Waals surface area contributed by atoms with Gasteiger partial charge in [-0.3, -0.25) is 0 Å². The van der Waals surface area contributed by atoms with E-state index in [2.05, 4.69) is 288 Å². The lowest BCUT2D eigenvalue weighted by Crippen LogP contribution is -2.54. The topological polar surface area (TPSA) is 19.7 Å². The summed E-state index contributed by atoms with van der Waals surface area (Å²) in [6, 6.07) is 92.1. The zero-order chi connectivity index (χ0) is 54.2. The third-order valence-corrected chi connectivity index (χ3v) is 18.8. The lowest BCUT2D eigenvalue weighted by molar-refractivity contribution is 1.17. The summed E-state index contributed by atoms with van der Waals surface area (Å²) < 4.78 is 10.5. The van der Waals surface area contributed by atoms with Crippen LogP contribution >= 0.6 is 0 Å². The normalized spacial score (nSPS) is 12.8. The van der Waals surface area contributed by atoms with Gasteiger partial charge in [0.25, 0.3) is 0 Å². The second-order valence-electron chi connectivity index (χ2n) is 23.4. The number of aromatic nitrogens is 4. The predicted molar refractivity (Wildman–Crippen MR) is 350 cm³/mol. The summed E-state index contributed by atoms with van der Waals surface area (Å²) in [6.45, 7) is 8.91. The Bertz CT molecular complexity index is 5480. The van der Waals surface area contributed by atoms with Gasteiger partial charge < -0.3 is 18.1 Å². The van der Waals surface area contributed by atoms with E-state index in [1.807, 2.05) is 0 Å². The maximum absolute atomic E-state index is 2.69. The van der Waals surface area contributed by atoms with Crippen LogP contribution in [-0.4, -0.2) is 31.8 Å². The molecule has 4 aromatic heterocycles. The average molecular weight is 1040 g/mol. The monoisotopic (exact) mass is 1040 g/mol. The summed E-state index contributed by atoms with van der Waals surface area (Å²) >= 11 is 0. The number of rotatable bonds is 5. The van der Waals surface area contributed by atoms with Crippen LogP contribution in [0.3, 0.4) is 0 Å². The van der Waals surface area contributed by atoms with Crippen LogP contribution in [0.2, 0.25) is 0 Å². The minimum atomic E-state index is -0.0921. The second kappa shape index (κ2) is 16.8. The van der Waals surface area contributed by atoms with Gasteiger partial charge in [-0.2, -0.15) is 0 Å². The number of hydrogen-bond acceptors (Lipinski definition) is 0. The molecule has 0 N–H and O–H groups in total. The number of nitrogens with zero attached hydrogens (tertiary/aromatic N) is 4. The van der Waals surface area contributed by atoms with Crippen molar-refractivity contribution in [3.05, 3.63) is 265 Å². The maximum atomic E-state index is 2.69. The van der Waals surface area contributed by atoms with Gasteiger partial charge >= 0.3 is 13.7 Å². The zero-order valence-corrected chi connectivity index (χ0v) is 46.0. The molecule has 2 aliphatic heterocycles. The summed E-state index contributed by atoms with van der Waals surface area (Å²) in [5.74, 6) is 0. The standard InChI is InChI=1S/C76H52B2N4/c1-45-32-39-65-60(40-45)61-41-46(2)42-64-75(61)79(65)68-30-14-10-26-62(68)77(64)82-67-29-13-9-24-59(67)71-53(35-33-48(4)74(71)82)52-22-17-21-50(43-52)51-34-36-56-58-38-37-54(49-19-6-5-7-20-49)72-76(58)80(70(56)44-51)69-31-15-11-27-63(69)78(72)81-66-28-12-8-23-55(66)57-25-16-18-47(3)73(57)81/h5-44H,1-4H3. The quantitative estimate of drug-likeness (QED) is 0.153. The van der Waals surface area contributed by atoms with E-state index in [0.717, 1.165) is 0 Å². The summed E-state index contributed by atoms with van der Waals surface area (Å²) in [4.78, 5) is 0. The van der Waals surface area contributed by atoms with Crippen LogP contribution in [0.1, 0.15) is 22.3 Å². The third kappa shape index (κ3) is 6.08. The van der Waals surface area contributed by atoms with Crippen molar-refractivity contribution in [2.45, 2.75) is 27.7 Å². The second-order valence-corrected chi connectivity index (χ2v) is 23.4. The molecule has 0 spiro atoms. The molecule has 4 nitrogen and oxygen atoms in total. The van der Waals surface area contributed by atoms with E-state index in [4.69, 9.17) is 0 Å². The molecule has 0 fully saturated rings. The minimum Gasteiger partial charge on any atom is -0.376 e. The van der Waals surface area contributed by atoms with Gasteiger partial charge in [0.15, 0.2) is 0 Å². The van der Waals surface area contributed by atoms with Crippen molar-refractivity contribution in [2.75, 3.05) is 0 Å². The van der Waals surface area contributed by atoms with E-state index in [1.54, 1.807) is 0 Å². The summed E-state index contributed by atoms with van der Waals surface area (Å²) in [5.41, 5.74) is 30.2. The fourth-order valence-electron chi connectivity index (χ4n) is 15.5. The lowest BCUT2D eigenvalue weighted by atomic mass is 9.46. The number of para-hydroxylation sites is 5. The van der Waals surface area contributed by atoms with E-state index in [1.165, 1.54) is 176 Å². The van der Waals surface area contributed by atoms with Gasteiger partial charge in [-0.05, 0) is 149 Å². The SMILES string of the molecule is Cc1ccc2c(c1)c1cc(C)cc3c1n2-c1ccccc1B3n1c2ccccc2c2c(-c3cccc(-c4ccc5c6ccc(-c7ccccc7)c7c6n(c5c4)-c4ccccc4B7n4c5ccccc5c5cccc(C)c54)c3)ccc(C)c21. The Balaban J connectivity index is 0.850. The molecule has 382 valence electrons. The fraction of sp³-hybridized carbons (Fsp3) is 0.0526. The third-order valence-electron chi connectivity index (χ3n) is 18.8. The van der Waals surface area contributed by atoms with Crippen LogP contribution in [0.4, 0.5) is 0 Å². The average Bonchev–Trinajstić information content (AvgIpc) is 2.15. The van der Waals surface area contributed by atoms with Gasteiger partial charge in [0, 0.05) is 76.5 Å². The first kappa shape index (κ1) is 45.8. The van der Waals surface area contributed by atoms with Crippen LogP contribution in [-0.2, 0) is 0 Å². The Morgan fingerprint density at radius 3 is 1.70 bits per heavy atom. The summed E-state index contributed by atoms with van der Waals surface area (Å²) in [6.07, 6.45) is 0. The molecule has 0 amide bonds. The van der Waals surface area contributed by atoms with Crippen molar-refractivity contribution in [3.63, 3.8) is 0 Å². The van der Waals surface area contributed by atoms with Crippen LogP contribution in [0, 0.1) is 27.7 Å². The summed E-state index contributed by atoms with van der Waals surface area (Å²) in [7, 11) is 0. The molecule has 0 aliphatic carbocycles. The molecule has 6 heteroatoms. The smallest absolute Gasteiger partial charge is 0.333 e. The van der Waals surface area contributed by atoms with Crippen molar-refractivity contribution in [3.8, 4) is 44.8 Å². The molecule has 0 atom stereocenters. The van der Waals surface area contributed by atoms with E-state index >= 15 is 0 Å². The van der Waals surface area contributed by atoms with Gasteiger partial charge in [0.1, 0.15) is 0 Å². The van der Waals surface area contributed by atoms with Crippen molar-refractivity contribution >= 4 is 123 Å². The Labute approximate surface area is 475 Å². The van der Waals surface area contributed by atoms with Crippen LogP contribution in [0.25, 0.3) is 132 Å². The van der Waals surface area contributed by atoms with Gasteiger partial charge in [-0.1, -0.05) is 199 Å². The van der Waals surface area contributed by atoms with Crippen molar-refractivity contribution in [2.24, 2.45) is 0 Å². The first-order valence-electron chi connectivity index (χ1n) is 28.9. The zero-order valence-electron chi connectivity index (χ0n) is 46.0. The molecular weight excluding hydrogens is 990 g/mol. The van der Waals surface area contributed by atoms with E-state index < -0.39 is 0 Å². The molecule has 0 radical (unpaired) electrons. The highest BCUT2D eigenvalue weighted by molar-refractivity contribution is 6.90. The molecule has 82 heavy (non-hydrogen) atoms. The molecule has 16 aromatic rings. The fourth-order valence-corrected chi connectivity index (χ4v) is 15.5. The molecule has 6 heterocycles. The van der Waals surface area contributed by atoms with E-state index in [-0.39, 0.29) is 13.7 Å². The van der Waals surface area contributed by atoms with Gasteiger partial charge in [0.05, 0.1) is 22.1 Å². The number of hydrogen-bond donors (Lipinski definition) is 0. The highest BCUT2D eigenvalue weighted by atomic mass is 15.0. The highest BCUT2D eigenvalue weighted by Crippen LogP contribution is 2.44. The molecule has 2 aliphatic rings. The van der Waals surface area contributed by atoms with Crippen molar-refractivity contribution in [1.82, 2.24) is 18.1 Å². The molecule has 0 bridgehead atoms. The van der Waals surface area contributed by atoms with Gasteiger partial charge in [-0.25, -0.2) is 0 Å². The summed E-state index contributed by atoms with van der Waals surface area (Å²) in [5, 5.41) is 10.3. The number of fused-ring (bicyclic) bond motifs is 16. The first-order valence-corrected chi connectivity index (χ1v) is 28.9. The molecular formula is C76H52B2N4. The van der Waals surface area contributed by atoms with Gasteiger partial charge in [0.2, 0.25) is 0 Å². The molecule has 0 unspecified atom stereocenters. The molecule has 0 saturated heterocycles. The van der Waals surface area contributed by atoms with Gasteiger partial charge in [-0.15, -0.1) is 0 Å². The van der Waals surface area contributed by atoms with Crippen LogP contribution < -0.4 is 21.9 Å². The highest BCUT2D eigenvalue weighted by Gasteiger charge is 2.40. The first-order chi connectivity index (χ1) is 40.4. The Hall–Kier alpha value is -10.0. The van der Waals surface area contributed by atoms with E-state index in [0.29, 0.717) is 0 Å². The Morgan fingerprint density at radius 1 is 0.280 bits per heavy atom. The molecule has 18 rings (SSSR count). The number of benzene rings is 12. The number of aryl methyl sites for hydroxylation is 4. The Kier molecular flexibility index (Phi) is 9.36. The Morgan fingerprint density at radius 2 is 0.866 bits per heavy atom. The largest absolute Gasteiger partial charge is 0.376 e. The van der Waals surface area contributed by atoms with Crippen molar-refractivity contribution < 1.29 is 0 Å². The lowest BCUT2D eigenvalue weighted by Gasteiger charge is -2.30. The maximum Gasteiger partial charge on any atom is 0.333 e. The minimum absolute atomic E-state index is 0.0553. The van der Waals surface area contributed by atoms with Crippen LogP contribution in [0.5, 0.6) is 0 Å². The van der Waals surface area contributed by atoms with E-state index in [9.17, 15) is 0 Å². The predicted octanol–water partition coefficient (Wildman–Crippen LogP) is 16.3. The van der Waals surface area contributed by atoms with Crippen molar-refractivity contribution in [1.29, 1.82) is 0 Å².